The van der Waals surface area contributed by atoms with Crippen LogP contribution in [0.5, 0.6) is 0 Å². The highest BCUT2D eigenvalue weighted by atomic mass is 16.4. The summed E-state index contributed by atoms with van der Waals surface area (Å²) in [4.78, 5) is 23.0. The normalized spacial score (nSPS) is 33.5. The van der Waals surface area contributed by atoms with Gasteiger partial charge in [-0.3, -0.25) is 0 Å². The van der Waals surface area contributed by atoms with Gasteiger partial charge in [-0.15, -0.1) is 0 Å². The van der Waals surface area contributed by atoms with E-state index >= 15 is 0 Å². The number of fused-ring (bicyclic) bond motifs is 2. The summed E-state index contributed by atoms with van der Waals surface area (Å²) in [5.74, 6) is -1.22. The van der Waals surface area contributed by atoms with Crippen molar-refractivity contribution in [1.82, 2.24) is 0 Å². The molecule has 0 radical (unpaired) electrons. The first kappa shape index (κ1) is 17.8. The second kappa shape index (κ2) is 5.81. The van der Waals surface area contributed by atoms with Crippen LogP contribution in [0.4, 0.5) is 0 Å². The Hall–Kier alpha value is -1.58. The number of aliphatic carboxylic acids is 2. The van der Waals surface area contributed by atoms with Crippen LogP contribution in [0.25, 0.3) is 0 Å². The molecule has 4 heteroatoms. The summed E-state index contributed by atoms with van der Waals surface area (Å²) in [7, 11) is 0. The lowest BCUT2D eigenvalue weighted by molar-refractivity contribution is -0.133. The molecule has 0 aromatic heterocycles. The minimum Gasteiger partial charge on any atom is -0.478 e. The Morgan fingerprint density at radius 1 is 1.17 bits per heavy atom. The Labute approximate surface area is 138 Å². The van der Waals surface area contributed by atoms with Crippen molar-refractivity contribution in [1.29, 1.82) is 0 Å². The van der Waals surface area contributed by atoms with Gasteiger partial charge in [-0.1, -0.05) is 27.7 Å². The van der Waals surface area contributed by atoms with Gasteiger partial charge >= 0.3 is 11.9 Å². The van der Waals surface area contributed by atoms with E-state index in [1.54, 1.807) is 19.9 Å². The van der Waals surface area contributed by atoms with Crippen LogP contribution in [0, 0.1) is 22.7 Å². The largest absolute Gasteiger partial charge is 0.478 e. The zero-order valence-corrected chi connectivity index (χ0v) is 14.8. The average Bonchev–Trinajstić information content (AvgIpc) is 2.80. The van der Waals surface area contributed by atoms with Crippen LogP contribution < -0.4 is 0 Å². The van der Waals surface area contributed by atoms with Crippen LogP contribution in [0.1, 0.15) is 60.3 Å². The smallest absolute Gasteiger partial charge is 0.331 e. The molecule has 2 N–H and O–H groups in total. The van der Waals surface area contributed by atoms with Gasteiger partial charge in [-0.05, 0) is 66.9 Å². The molecule has 0 spiro atoms. The fourth-order valence-corrected chi connectivity index (χ4v) is 4.77. The molecular formula is C19H28O4. The third-order valence-corrected chi connectivity index (χ3v) is 6.91. The first-order chi connectivity index (χ1) is 10.6. The van der Waals surface area contributed by atoms with E-state index in [1.807, 2.05) is 0 Å². The molecule has 3 unspecified atom stereocenters. The summed E-state index contributed by atoms with van der Waals surface area (Å²) in [5, 5.41) is 18.8. The molecule has 2 aliphatic rings. The van der Waals surface area contributed by atoms with Crippen LogP contribution in [0.15, 0.2) is 22.8 Å². The number of carboxylic acids is 2. The maximum atomic E-state index is 11.6. The molecule has 0 amide bonds. The second-order valence-corrected chi connectivity index (χ2v) is 7.88. The number of hydrogen-bond donors (Lipinski definition) is 2. The molecule has 3 atom stereocenters. The van der Waals surface area contributed by atoms with Crippen molar-refractivity contribution < 1.29 is 19.8 Å². The lowest BCUT2D eigenvalue weighted by Gasteiger charge is -2.40. The molecule has 0 aromatic rings. The highest BCUT2D eigenvalue weighted by Crippen LogP contribution is 2.69. The van der Waals surface area contributed by atoms with E-state index in [4.69, 9.17) is 0 Å². The van der Waals surface area contributed by atoms with E-state index in [1.165, 1.54) is 6.42 Å². The third-order valence-electron chi connectivity index (χ3n) is 6.91. The van der Waals surface area contributed by atoms with Gasteiger partial charge in [0.2, 0.25) is 0 Å². The molecule has 128 valence electrons. The molecule has 0 saturated heterocycles. The first-order valence-electron chi connectivity index (χ1n) is 8.44. The molecule has 2 aliphatic carbocycles. The van der Waals surface area contributed by atoms with Gasteiger partial charge in [-0.25, -0.2) is 9.59 Å². The van der Waals surface area contributed by atoms with Crippen LogP contribution in [-0.2, 0) is 9.59 Å². The maximum Gasteiger partial charge on any atom is 0.331 e. The maximum absolute atomic E-state index is 11.6. The van der Waals surface area contributed by atoms with Gasteiger partial charge in [0.15, 0.2) is 0 Å². The van der Waals surface area contributed by atoms with Crippen LogP contribution in [0.2, 0.25) is 0 Å². The van der Waals surface area contributed by atoms with Crippen molar-refractivity contribution in [3.8, 4) is 0 Å². The van der Waals surface area contributed by atoms with Gasteiger partial charge in [0, 0.05) is 11.1 Å². The highest BCUT2D eigenvalue weighted by molar-refractivity contribution is 5.90. The van der Waals surface area contributed by atoms with Gasteiger partial charge < -0.3 is 10.2 Å². The Balaban J connectivity index is 2.56. The number of rotatable bonds is 5. The Bertz CT molecular complexity index is 596. The number of hydrogen-bond acceptors (Lipinski definition) is 2. The molecule has 2 saturated carbocycles. The minimum absolute atomic E-state index is 0.0254. The topological polar surface area (TPSA) is 74.6 Å². The minimum atomic E-state index is -0.962. The van der Waals surface area contributed by atoms with Crippen molar-refractivity contribution in [3.63, 3.8) is 0 Å². The Kier molecular flexibility index (Phi) is 4.49. The quantitative estimate of drug-likeness (QED) is 0.586. The van der Waals surface area contributed by atoms with E-state index in [0.717, 1.165) is 18.4 Å². The van der Waals surface area contributed by atoms with Gasteiger partial charge in [-0.2, -0.15) is 0 Å². The Morgan fingerprint density at radius 2 is 1.78 bits per heavy atom. The van der Waals surface area contributed by atoms with Crippen molar-refractivity contribution in [3.05, 3.63) is 22.8 Å². The van der Waals surface area contributed by atoms with Crippen LogP contribution in [0.3, 0.4) is 0 Å². The van der Waals surface area contributed by atoms with Crippen LogP contribution in [-0.4, -0.2) is 22.2 Å². The summed E-state index contributed by atoms with van der Waals surface area (Å²) in [5.41, 5.74) is 1.47. The summed E-state index contributed by atoms with van der Waals surface area (Å²) >= 11 is 0. The van der Waals surface area contributed by atoms with E-state index in [9.17, 15) is 19.8 Å². The van der Waals surface area contributed by atoms with E-state index in [0.29, 0.717) is 12.3 Å². The molecule has 0 aliphatic heterocycles. The predicted octanol–water partition coefficient (Wildman–Crippen LogP) is 4.27. The van der Waals surface area contributed by atoms with E-state index in [2.05, 4.69) is 20.8 Å². The van der Waals surface area contributed by atoms with Gasteiger partial charge in [0.1, 0.15) is 0 Å². The third kappa shape index (κ3) is 2.62. The molecule has 2 fully saturated rings. The summed E-state index contributed by atoms with van der Waals surface area (Å²) in [6.45, 7) is 10.2. The molecule has 4 nitrogen and oxygen atoms in total. The van der Waals surface area contributed by atoms with Gasteiger partial charge in [0.05, 0.1) is 0 Å². The molecule has 0 heterocycles. The summed E-state index contributed by atoms with van der Waals surface area (Å²) in [6.07, 6.45) is 5.24. The highest BCUT2D eigenvalue weighted by Gasteiger charge is 2.61. The lowest BCUT2D eigenvalue weighted by atomic mass is 9.64. The summed E-state index contributed by atoms with van der Waals surface area (Å²) < 4.78 is 0. The first-order valence-corrected chi connectivity index (χ1v) is 8.44. The number of allylic oxidation sites excluding steroid dienone is 2. The number of carboxylic acid groups (broad SMARTS) is 2. The monoisotopic (exact) mass is 320 g/mol. The van der Waals surface area contributed by atoms with E-state index < -0.39 is 11.9 Å². The van der Waals surface area contributed by atoms with Crippen molar-refractivity contribution in [2.75, 3.05) is 0 Å². The van der Waals surface area contributed by atoms with Crippen molar-refractivity contribution in [2.45, 2.75) is 60.3 Å². The van der Waals surface area contributed by atoms with Crippen molar-refractivity contribution >= 4 is 11.9 Å². The SMILES string of the molecule is CCC(=CC(=C(C)C(=O)O)C1CC2CCC1(C)C2(C)C)C(=O)O. The lowest BCUT2D eigenvalue weighted by Crippen LogP contribution is -2.33. The standard InChI is InChI=1S/C19H28O4/c1-6-12(17(22)23)9-14(11(2)16(20)21)15-10-13-7-8-19(15,5)18(13,3)4/h9,13,15H,6-8,10H2,1-5H3,(H,20,21)(H,22,23). The fourth-order valence-electron chi connectivity index (χ4n) is 4.77. The zero-order chi connectivity index (χ0) is 17.6. The molecular weight excluding hydrogens is 292 g/mol. The molecule has 23 heavy (non-hydrogen) atoms. The molecule has 2 rings (SSSR count). The Morgan fingerprint density at radius 3 is 2.13 bits per heavy atom. The molecule has 2 bridgehead atoms. The molecule has 0 aromatic carbocycles. The average molecular weight is 320 g/mol. The van der Waals surface area contributed by atoms with Gasteiger partial charge in [0.25, 0.3) is 0 Å². The fraction of sp³-hybridized carbons (Fsp3) is 0.684. The van der Waals surface area contributed by atoms with Crippen LogP contribution >= 0.6 is 0 Å². The second-order valence-electron chi connectivity index (χ2n) is 7.88. The predicted molar refractivity (Wildman–Crippen MR) is 89.1 cm³/mol. The summed E-state index contributed by atoms with van der Waals surface area (Å²) in [6, 6.07) is 0. The van der Waals surface area contributed by atoms with Crippen molar-refractivity contribution in [2.24, 2.45) is 22.7 Å². The zero-order valence-electron chi connectivity index (χ0n) is 14.8. The van der Waals surface area contributed by atoms with E-state index in [-0.39, 0.29) is 27.9 Å². The number of carbonyl (C=O) groups is 2.